The van der Waals surface area contributed by atoms with Crippen molar-refractivity contribution in [3.05, 3.63) is 35.4 Å². The topological polar surface area (TPSA) is 75.7 Å². The lowest BCUT2D eigenvalue weighted by Gasteiger charge is -2.36. The summed E-state index contributed by atoms with van der Waals surface area (Å²) in [7, 11) is 0. The number of hydrogen-bond donors (Lipinski definition) is 1. The molecule has 1 aliphatic heterocycles. The van der Waals surface area contributed by atoms with Crippen molar-refractivity contribution in [3.8, 4) is 0 Å². The molecular weight excluding hydrogens is 413 g/mol. The number of benzene rings is 1. The highest BCUT2D eigenvalue weighted by Gasteiger charge is 2.45. The van der Waals surface area contributed by atoms with Crippen LogP contribution >= 0.6 is 0 Å². The number of nitrogens with zero attached hydrogens (tertiary/aromatic N) is 1. The Morgan fingerprint density at radius 2 is 1.94 bits per heavy atom. The van der Waals surface area contributed by atoms with E-state index in [2.05, 4.69) is 5.32 Å². The van der Waals surface area contributed by atoms with E-state index in [1.54, 1.807) is 6.92 Å². The van der Waals surface area contributed by atoms with Gasteiger partial charge in [-0.25, -0.2) is 4.79 Å². The molecule has 1 aromatic carbocycles. The molecule has 2 amide bonds. The summed E-state index contributed by atoms with van der Waals surface area (Å²) in [5.41, 5.74) is -1.50. The van der Waals surface area contributed by atoms with Crippen molar-refractivity contribution in [2.45, 2.75) is 63.7 Å². The Balaban J connectivity index is 1.66. The number of alkyl halides is 3. The minimum Gasteiger partial charge on any atom is -0.464 e. The number of amides is 2. The summed E-state index contributed by atoms with van der Waals surface area (Å²) in [6, 6.07) is 4.81. The number of carbonyl (C=O) groups excluding carboxylic acids is 3. The first kappa shape index (κ1) is 23.1. The van der Waals surface area contributed by atoms with Crippen LogP contribution in [0.3, 0.4) is 0 Å². The lowest BCUT2D eigenvalue weighted by atomic mass is 9.81. The van der Waals surface area contributed by atoms with E-state index >= 15 is 0 Å². The minimum atomic E-state index is -4.46. The van der Waals surface area contributed by atoms with Gasteiger partial charge in [0.15, 0.2) is 0 Å². The molecule has 1 N–H and O–H groups in total. The average molecular weight is 440 g/mol. The number of carbonyl (C=O) groups is 3. The van der Waals surface area contributed by atoms with Gasteiger partial charge in [-0.2, -0.15) is 13.2 Å². The smallest absolute Gasteiger partial charge is 0.416 e. The van der Waals surface area contributed by atoms with Crippen LogP contribution in [0.25, 0.3) is 0 Å². The molecule has 1 aromatic rings. The van der Waals surface area contributed by atoms with Crippen molar-refractivity contribution in [2.75, 3.05) is 13.2 Å². The molecule has 1 heterocycles. The lowest BCUT2D eigenvalue weighted by Crippen LogP contribution is -2.57. The number of ether oxygens (including phenoxy) is 1. The summed E-state index contributed by atoms with van der Waals surface area (Å²) in [4.78, 5) is 39.3. The van der Waals surface area contributed by atoms with E-state index in [1.807, 2.05) is 0 Å². The molecule has 0 radical (unpaired) electrons. The monoisotopic (exact) mass is 440 g/mol. The average Bonchev–Trinajstić information content (AvgIpc) is 3.09. The van der Waals surface area contributed by atoms with E-state index in [0.29, 0.717) is 18.4 Å². The van der Waals surface area contributed by atoms with Gasteiger partial charge in [0.1, 0.15) is 5.54 Å². The highest BCUT2D eigenvalue weighted by Crippen LogP contribution is 2.32. The van der Waals surface area contributed by atoms with E-state index in [4.69, 9.17) is 4.74 Å². The normalized spacial score (nSPS) is 21.1. The first-order valence-electron chi connectivity index (χ1n) is 10.6. The molecular formula is C22H27F3N2O4. The molecule has 6 nitrogen and oxygen atoms in total. The van der Waals surface area contributed by atoms with Gasteiger partial charge in [0.05, 0.1) is 18.1 Å². The number of esters is 1. The standard InChI is InChI=1S/C22H27F3N2O4/c1-2-31-20(30)21(9-4-3-5-10-21)26-19(29)16-12-18(28)27(14-16)13-15-7-6-8-17(11-15)22(23,24)25/h6-8,11,16H,2-5,9-10,12-14H2,1H3,(H,26,29). The summed E-state index contributed by atoms with van der Waals surface area (Å²) in [5.74, 6) is -1.80. The molecule has 0 spiro atoms. The summed E-state index contributed by atoms with van der Waals surface area (Å²) >= 11 is 0. The fraction of sp³-hybridized carbons (Fsp3) is 0.591. The van der Waals surface area contributed by atoms with Crippen LogP contribution in [0.2, 0.25) is 0 Å². The summed E-state index contributed by atoms with van der Waals surface area (Å²) in [6.45, 7) is 2.01. The van der Waals surface area contributed by atoms with Crippen LogP contribution in [0, 0.1) is 5.92 Å². The zero-order valence-corrected chi connectivity index (χ0v) is 17.5. The maximum atomic E-state index is 12.9. The third kappa shape index (κ3) is 5.37. The SMILES string of the molecule is CCOC(=O)C1(NC(=O)C2CC(=O)N(Cc3cccc(C(F)(F)F)c3)C2)CCCCC1. The fourth-order valence-electron chi connectivity index (χ4n) is 4.31. The van der Waals surface area contributed by atoms with E-state index in [9.17, 15) is 27.6 Å². The second-order valence-corrected chi connectivity index (χ2v) is 8.23. The van der Waals surface area contributed by atoms with E-state index in [1.165, 1.54) is 17.0 Å². The Labute approximate surface area is 179 Å². The van der Waals surface area contributed by atoms with Crippen molar-refractivity contribution in [3.63, 3.8) is 0 Å². The van der Waals surface area contributed by atoms with Gasteiger partial charge in [-0.15, -0.1) is 0 Å². The molecule has 1 unspecified atom stereocenters. The number of likely N-dealkylation sites (tertiary alicyclic amines) is 1. The predicted octanol–water partition coefficient (Wildman–Crippen LogP) is 3.44. The maximum Gasteiger partial charge on any atom is 0.416 e. The first-order valence-corrected chi connectivity index (χ1v) is 10.6. The van der Waals surface area contributed by atoms with E-state index in [-0.39, 0.29) is 32.0 Å². The maximum absolute atomic E-state index is 12.9. The Hall–Kier alpha value is -2.58. The van der Waals surface area contributed by atoms with Gasteiger partial charge < -0.3 is 15.0 Å². The van der Waals surface area contributed by atoms with Crippen molar-refractivity contribution in [1.29, 1.82) is 0 Å². The molecule has 3 rings (SSSR count). The largest absolute Gasteiger partial charge is 0.464 e. The fourth-order valence-corrected chi connectivity index (χ4v) is 4.31. The highest BCUT2D eigenvalue weighted by atomic mass is 19.4. The quantitative estimate of drug-likeness (QED) is 0.688. The summed E-state index contributed by atoms with van der Waals surface area (Å²) < 4.78 is 44.0. The van der Waals surface area contributed by atoms with Crippen LogP contribution in [0.5, 0.6) is 0 Å². The molecule has 2 aliphatic rings. The van der Waals surface area contributed by atoms with Gasteiger partial charge in [0.2, 0.25) is 11.8 Å². The molecule has 1 saturated carbocycles. The summed E-state index contributed by atoms with van der Waals surface area (Å²) in [5, 5.41) is 2.85. The van der Waals surface area contributed by atoms with Crippen molar-refractivity contribution >= 4 is 17.8 Å². The van der Waals surface area contributed by atoms with Gasteiger partial charge in [0.25, 0.3) is 0 Å². The van der Waals surface area contributed by atoms with E-state index < -0.39 is 35.1 Å². The van der Waals surface area contributed by atoms with Gasteiger partial charge in [0, 0.05) is 19.5 Å². The van der Waals surface area contributed by atoms with Crippen LogP contribution < -0.4 is 5.32 Å². The Kier molecular flexibility index (Phi) is 6.91. The lowest BCUT2D eigenvalue weighted by molar-refractivity contribution is -0.155. The van der Waals surface area contributed by atoms with Crippen LogP contribution in [0.15, 0.2) is 24.3 Å². The molecule has 31 heavy (non-hydrogen) atoms. The van der Waals surface area contributed by atoms with Crippen LogP contribution in [-0.4, -0.2) is 41.4 Å². The predicted molar refractivity (Wildman–Crippen MR) is 106 cm³/mol. The van der Waals surface area contributed by atoms with Crippen LogP contribution in [0.4, 0.5) is 13.2 Å². The minimum absolute atomic E-state index is 0.00441. The second kappa shape index (κ2) is 9.28. The Bertz CT molecular complexity index is 834. The van der Waals surface area contributed by atoms with Crippen LogP contribution in [-0.2, 0) is 31.8 Å². The Morgan fingerprint density at radius 1 is 1.23 bits per heavy atom. The van der Waals surface area contributed by atoms with Crippen LogP contribution in [0.1, 0.15) is 56.6 Å². The third-order valence-corrected chi connectivity index (χ3v) is 5.95. The Morgan fingerprint density at radius 3 is 2.58 bits per heavy atom. The molecule has 170 valence electrons. The molecule has 1 atom stereocenters. The number of rotatable bonds is 6. The number of hydrogen-bond acceptors (Lipinski definition) is 4. The molecule has 1 saturated heterocycles. The van der Waals surface area contributed by atoms with Gasteiger partial charge in [-0.1, -0.05) is 31.4 Å². The second-order valence-electron chi connectivity index (χ2n) is 8.23. The molecule has 1 aliphatic carbocycles. The van der Waals surface area contributed by atoms with Crippen molar-refractivity contribution in [1.82, 2.24) is 10.2 Å². The highest BCUT2D eigenvalue weighted by molar-refractivity contribution is 5.93. The van der Waals surface area contributed by atoms with E-state index in [0.717, 1.165) is 31.4 Å². The van der Waals surface area contributed by atoms with Crippen molar-refractivity contribution < 1.29 is 32.3 Å². The zero-order chi connectivity index (χ0) is 22.6. The van der Waals surface area contributed by atoms with Gasteiger partial charge in [-0.05, 0) is 37.5 Å². The van der Waals surface area contributed by atoms with Gasteiger partial charge in [-0.3, -0.25) is 9.59 Å². The summed E-state index contributed by atoms with van der Waals surface area (Å²) in [6.07, 6.45) is -0.949. The van der Waals surface area contributed by atoms with Crippen molar-refractivity contribution in [2.24, 2.45) is 5.92 Å². The molecule has 9 heteroatoms. The first-order chi connectivity index (χ1) is 14.6. The third-order valence-electron chi connectivity index (χ3n) is 5.95. The zero-order valence-electron chi connectivity index (χ0n) is 17.5. The molecule has 0 aromatic heterocycles. The van der Waals surface area contributed by atoms with Gasteiger partial charge >= 0.3 is 12.1 Å². The number of halogens is 3. The number of nitrogens with one attached hydrogen (secondary N) is 1. The molecule has 2 fully saturated rings. The molecule has 0 bridgehead atoms.